The molecule has 80 valence electrons. The maximum absolute atomic E-state index is 4.44. The Morgan fingerprint density at radius 2 is 2.20 bits per heavy atom. The van der Waals surface area contributed by atoms with Crippen molar-refractivity contribution in [3.63, 3.8) is 0 Å². The molecule has 0 radical (unpaired) electrons. The maximum Gasteiger partial charge on any atom is 0.131 e. The SMILES string of the molecule is C=C/C(S)=C\c1cnc(C(C)C)nc1C. The van der Waals surface area contributed by atoms with Gasteiger partial charge in [-0.25, -0.2) is 9.97 Å². The van der Waals surface area contributed by atoms with Crippen molar-refractivity contribution in [3.05, 3.63) is 40.8 Å². The lowest BCUT2D eigenvalue weighted by Gasteiger charge is -2.06. The Bertz CT molecular complexity index is 395. The predicted octanol–water partition coefficient (Wildman–Crippen LogP) is 3.37. The fourth-order valence-corrected chi connectivity index (χ4v) is 1.27. The number of rotatable bonds is 3. The van der Waals surface area contributed by atoms with Crippen LogP contribution in [0.15, 0.2) is 23.8 Å². The van der Waals surface area contributed by atoms with Gasteiger partial charge in [0.1, 0.15) is 5.82 Å². The van der Waals surface area contributed by atoms with Gasteiger partial charge in [-0.1, -0.05) is 26.5 Å². The van der Waals surface area contributed by atoms with Crippen molar-refractivity contribution < 1.29 is 0 Å². The minimum atomic E-state index is 0.358. The van der Waals surface area contributed by atoms with E-state index in [1.165, 1.54) is 0 Å². The molecular formula is C12H16N2S. The van der Waals surface area contributed by atoms with Crippen molar-refractivity contribution in [1.82, 2.24) is 9.97 Å². The van der Waals surface area contributed by atoms with Crippen molar-refractivity contribution >= 4 is 18.7 Å². The number of hydrogen-bond acceptors (Lipinski definition) is 3. The molecule has 0 saturated carbocycles. The largest absolute Gasteiger partial charge is 0.240 e. The molecule has 1 aromatic rings. The molecule has 1 heterocycles. The van der Waals surface area contributed by atoms with E-state index in [9.17, 15) is 0 Å². The third kappa shape index (κ3) is 3.20. The summed E-state index contributed by atoms with van der Waals surface area (Å²) < 4.78 is 0. The van der Waals surface area contributed by atoms with E-state index in [0.717, 1.165) is 22.0 Å². The molecule has 1 aromatic heterocycles. The first-order valence-electron chi connectivity index (χ1n) is 4.91. The second kappa shape index (κ2) is 5.12. The highest BCUT2D eigenvalue weighted by Crippen LogP contribution is 2.15. The Balaban J connectivity index is 3.08. The molecular weight excluding hydrogens is 204 g/mol. The number of allylic oxidation sites excluding steroid dienone is 1. The summed E-state index contributed by atoms with van der Waals surface area (Å²) in [7, 11) is 0. The molecule has 0 spiro atoms. The fraction of sp³-hybridized carbons (Fsp3) is 0.333. The normalized spacial score (nSPS) is 11.9. The molecule has 15 heavy (non-hydrogen) atoms. The van der Waals surface area contributed by atoms with Crippen LogP contribution in [0.2, 0.25) is 0 Å². The Morgan fingerprint density at radius 3 is 2.67 bits per heavy atom. The van der Waals surface area contributed by atoms with Crippen LogP contribution in [-0.2, 0) is 0 Å². The molecule has 0 saturated heterocycles. The highest BCUT2D eigenvalue weighted by molar-refractivity contribution is 7.84. The van der Waals surface area contributed by atoms with Crippen LogP contribution in [0.5, 0.6) is 0 Å². The van der Waals surface area contributed by atoms with Crippen molar-refractivity contribution in [2.45, 2.75) is 26.7 Å². The van der Waals surface area contributed by atoms with Gasteiger partial charge in [0.2, 0.25) is 0 Å². The summed E-state index contributed by atoms with van der Waals surface area (Å²) in [5.41, 5.74) is 1.96. The predicted molar refractivity (Wildman–Crippen MR) is 68.0 cm³/mol. The first kappa shape index (κ1) is 12.0. The maximum atomic E-state index is 4.44. The molecule has 0 fully saturated rings. The third-order valence-corrected chi connectivity index (χ3v) is 2.38. The van der Waals surface area contributed by atoms with E-state index >= 15 is 0 Å². The van der Waals surface area contributed by atoms with Crippen LogP contribution in [-0.4, -0.2) is 9.97 Å². The van der Waals surface area contributed by atoms with E-state index in [-0.39, 0.29) is 0 Å². The van der Waals surface area contributed by atoms with Gasteiger partial charge in [0.15, 0.2) is 0 Å². The Hall–Kier alpha value is -1.09. The van der Waals surface area contributed by atoms with Gasteiger partial charge in [0.25, 0.3) is 0 Å². The van der Waals surface area contributed by atoms with Crippen molar-refractivity contribution in [3.8, 4) is 0 Å². The van der Waals surface area contributed by atoms with Crippen molar-refractivity contribution in [2.75, 3.05) is 0 Å². The monoisotopic (exact) mass is 220 g/mol. The summed E-state index contributed by atoms with van der Waals surface area (Å²) in [6.45, 7) is 9.79. The zero-order chi connectivity index (χ0) is 11.4. The number of thiol groups is 1. The van der Waals surface area contributed by atoms with Gasteiger partial charge in [0, 0.05) is 28.3 Å². The standard InChI is InChI=1S/C12H16N2S/c1-5-11(15)6-10-7-13-12(8(2)3)14-9(10)4/h5-8,15H,1H2,2-4H3/b11-6+. The van der Waals surface area contributed by atoms with Crippen LogP contribution < -0.4 is 0 Å². The first-order valence-corrected chi connectivity index (χ1v) is 5.36. The van der Waals surface area contributed by atoms with Crippen LogP contribution in [0.1, 0.15) is 36.8 Å². The molecule has 1 rings (SSSR count). The minimum absolute atomic E-state index is 0.358. The number of aryl methyl sites for hydroxylation is 1. The second-order valence-electron chi connectivity index (χ2n) is 3.70. The van der Waals surface area contributed by atoms with Crippen LogP contribution >= 0.6 is 12.6 Å². The average molecular weight is 220 g/mol. The van der Waals surface area contributed by atoms with Gasteiger partial charge in [-0.05, 0) is 13.0 Å². The highest BCUT2D eigenvalue weighted by atomic mass is 32.1. The van der Waals surface area contributed by atoms with Gasteiger partial charge in [-0.2, -0.15) is 0 Å². The van der Waals surface area contributed by atoms with Crippen molar-refractivity contribution in [2.24, 2.45) is 0 Å². The molecule has 3 heteroatoms. The van der Waals surface area contributed by atoms with E-state index < -0.39 is 0 Å². The third-order valence-electron chi connectivity index (χ3n) is 2.06. The van der Waals surface area contributed by atoms with Gasteiger partial charge < -0.3 is 0 Å². The van der Waals surface area contributed by atoms with Gasteiger partial charge in [0.05, 0.1) is 0 Å². The number of hydrogen-bond donors (Lipinski definition) is 1. The van der Waals surface area contributed by atoms with Gasteiger partial charge in [-0.3, -0.25) is 0 Å². The van der Waals surface area contributed by atoms with Gasteiger partial charge in [-0.15, -0.1) is 12.6 Å². The fourth-order valence-electron chi connectivity index (χ4n) is 1.13. The Kier molecular flexibility index (Phi) is 4.09. The lowest BCUT2D eigenvalue weighted by molar-refractivity contribution is 0.765. The molecule has 0 unspecified atom stereocenters. The Morgan fingerprint density at radius 1 is 1.53 bits per heavy atom. The zero-order valence-corrected chi connectivity index (χ0v) is 10.3. The average Bonchev–Trinajstić information content (AvgIpc) is 2.20. The van der Waals surface area contributed by atoms with Gasteiger partial charge >= 0.3 is 0 Å². The first-order chi connectivity index (χ1) is 7.04. The quantitative estimate of drug-likeness (QED) is 0.624. The summed E-state index contributed by atoms with van der Waals surface area (Å²) in [4.78, 5) is 9.56. The molecule has 2 nitrogen and oxygen atoms in total. The van der Waals surface area contributed by atoms with E-state index in [2.05, 4.69) is 43.0 Å². The summed E-state index contributed by atoms with van der Waals surface area (Å²) in [6, 6.07) is 0. The highest BCUT2D eigenvalue weighted by Gasteiger charge is 2.04. The minimum Gasteiger partial charge on any atom is -0.240 e. The van der Waals surface area contributed by atoms with Crippen LogP contribution in [0, 0.1) is 6.92 Å². The molecule has 0 aliphatic heterocycles. The summed E-state index contributed by atoms with van der Waals surface area (Å²) in [5.74, 6) is 1.24. The van der Waals surface area contributed by atoms with Crippen LogP contribution in [0.4, 0.5) is 0 Å². The lowest BCUT2D eigenvalue weighted by Crippen LogP contribution is -2.00. The molecule has 0 N–H and O–H groups in total. The molecule has 0 atom stereocenters. The summed E-state index contributed by atoms with van der Waals surface area (Å²) in [5, 5.41) is 0. The zero-order valence-electron chi connectivity index (χ0n) is 9.36. The number of nitrogens with zero attached hydrogens (tertiary/aromatic N) is 2. The Labute approximate surface area is 96.6 Å². The van der Waals surface area contributed by atoms with Crippen LogP contribution in [0.3, 0.4) is 0 Å². The van der Waals surface area contributed by atoms with E-state index in [4.69, 9.17) is 0 Å². The van der Waals surface area contributed by atoms with E-state index in [0.29, 0.717) is 5.92 Å². The summed E-state index contributed by atoms with van der Waals surface area (Å²) >= 11 is 4.24. The topological polar surface area (TPSA) is 25.8 Å². The van der Waals surface area contributed by atoms with E-state index in [1.54, 1.807) is 6.08 Å². The molecule has 0 aromatic carbocycles. The van der Waals surface area contributed by atoms with Crippen LogP contribution in [0.25, 0.3) is 6.08 Å². The smallest absolute Gasteiger partial charge is 0.131 e. The second-order valence-corrected chi connectivity index (χ2v) is 4.21. The molecule has 0 aliphatic rings. The molecule has 0 amide bonds. The van der Waals surface area contributed by atoms with Crippen molar-refractivity contribution in [1.29, 1.82) is 0 Å². The molecule has 0 bridgehead atoms. The molecule has 0 aliphatic carbocycles. The lowest BCUT2D eigenvalue weighted by atomic mass is 10.1. The summed E-state index contributed by atoms with van der Waals surface area (Å²) in [6.07, 6.45) is 5.44. The number of aromatic nitrogens is 2. The van der Waals surface area contributed by atoms with E-state index in [1.807, 2.05) is 19.2 Å².